The average Bonchev–Trinajstić information content (AvgIpc) is 2.60. The number of carbonyl (C=O) groups excluding carboxylic acids is 2. The van der Waals surface area contributed by atoms with Crippen molar-refractivity contribution >= 4 is 11.9 Å². The van der Waals surface area contributed by atoms with Crippen molar-refractivity contribution in [2.75, 3.05) is 0 Å². The standard InChI is InChI=1S/C13H14O4/c1-13(2,3)12(15)17-9-6-4-5-8-7-16-11(14)10(8)9/h4-6H,7H2,1-3H3. The average molecular weight is 234 g/mol. The van der Waals surface area contributed by atoms with Gasteiger partial charge in [-0.05, 0) is 26.8 Å². The molecule has 0 amide bonds. The molecule has 2 rings (SSSR count). The Balaban J connectivity index is 2.33. The second-order valence-corrected chi connectivity index (χ2v) is 5.01. The number of hydrogen-bond donors (Lipinski definition) is 0. The van der Waals surface area contributed by atoms with Gasteiger partial charge in [-0.1, -0.05) is 12.1 Å². The molecular formula is C13H14O4. The Morgan fingerprint density at radius 1 is 1.35 bits per heavy atom. The molecule has 0 spiro atoms. The summed E-state index contributed by atoms with van der Waals surface area (Å²) in [7, 11) is 0. The van der Waals surface area contributed by atoms with Gasteiger partial charge in [0.1, 0.15) is 17.9 Å². The normalized spacial score (nSPS) is 14.2. The minimum atomic E-state index is -0.606. The summed E-state index contributed by atoms with van der Waals surface area (Å²) in [5, 5.41) is 0. The molecule has 0 saturated heterocycles. The van der Waals surface area contributed by atoms with Crippen molar-refractivity contribution < 1.29 is 19.1 Å². The van der Waals surface area contributed by atoms with E-state index in [1.54, 1.807) is 39.0 Å². The fourth-order valence-electron chi connectivity index (χ4n) is 1.48. The molecule has 1 heterocycles. The lowest BCUT2D eigenvalue weighted by atomic mass is 9.97. The highest BCUT2D eigenvalue weighted by Gasteiger charge is 2.29. The van der Waals surface area contributed by atoms with E-state index < -0.39 is 11.4 Å². The maximum Gasteiger partial charge on any atom is 0.342 e. The monoisotopic (exact) mass is 234 g/mol. The summed E-state index contributed by atoms with van der Waals surface area (Å²) in [6.07, 6.45) is 0. The van der Waals surface area contributed by atoms with Crippen molar-refractivity contribution in [3.8, 4) is 5.75 Å². The quantitative estimate of drug-likeness (QED) is 0.552. The molecule has 4 nitrogen and oxygen atoms in total. The lowest BCUT2D eigenvalue weighted by molar-refractivity contribution is -0.143. The molecule has 0 unspecified atom stereocenters. The summed E-state index contributed by atoms with van der Waals surface area (Å²) in [5.41, 5.74) is 0.518. The van der Waals surface area contributed by atoms with E-state index in [2.05, 4.69) is 0 Å². The molecule has 4 heteroatoms. The zero-order valence-electron chi connectivity index (χ0n) is 10.1. The van der Waals surface area contributed by atoms with Gasteiger partial charge >= 0.3 is 11.9 Å². The minimum Gasteiger partial charge on any atom is -0.457 e. The zero-order valence-corrected chi connectivity index (χ0v) is 10.1. The van der Waals surface area contributed by atoms with E-state index in [0.29, 0.717) is 5.56 Å². The van der Waals surface area contributed by atoms with Crippen LogP contribution in [0.4, 0.5) is 0 Å². The van der Waals surface area contributed by atoms with E-state index >= 15 is 0 Å². The topological polar surface area (TPSA) is 52.6 Å². The summed E-state index contributed by atoms with van der Waals surface area (Å²) in [6, 6.07) is 5.13. The highest BCUT2D eigenvalue weighted by atomic mass is 16.6. The Hall–Kier alpha value is -1.84. The third kappa shape index (κ3) is 2.16. The Labute approximate surface area is 99.5 Å². The summed E-state index contributed by atoms with van der Waals surface area (Å²) in [4.78, 5) is 23.3. The Morgan fingerprint density at radius 3 is 2.71 bits per heavy atom. The van der Waals surface area contributed by atoms with Crippen LogP contribution in [0, 0.1) is 5.41 Å². The molecule has 90 valence electrons. The largest absolute Gasteiger partial charge is 0.457 e. The SMILES string of the molecule is CC(C)(C)C(=O)Oc1cccc2c1C(=O)OC2. The first-order valence-corrected chi connectivity index (χ1v) is 5.41. The molecule has 0 aromatic heterocycles. The van der Waals surface area contributed by atoms with Crippen molar-refractivity contribution in [2.24, 2.45) is 5.41 Å². The highest BCUT2D eigenvalue weighted by Crippen LogP contribution is 2.30. The van der Waals surface area contributed by atoms with Gasteiger partial charge in [0, 0.05) is 5.56 Å². The van der Waals surface area contributed by atoms with Crippen LogP contribution in [-0.4, -0.2) is 11.9 Å². The van der Waals surface area contributed by atoms with Gasteiger partial charge in [0.15, 0.2) is 0 Å². The van der Waals surface area contributed by atoms with Gasteiger partial charge in [-0.2, -0.15) is 0 Å². The fourth-order valence-corrected chi connectivity index (χ4v) is 1.48. The molecule has 0 radical (unpaired) electrons. The molecule has 17 heavy (non-hydrogen) atoms. The van der Waals surface area contributed by atoms with E-state index in [9.17, 15) is 9.59 Å². The molecular weight excluding hydrogens is 220 g/mol. The third-order valence-corrected chi connectivity index (χ3v) is 2.49. The Kier molecular flexibility index (Phi) is 2.65. The van der Waals surface area contributed by atoms with Crippen LogP contribution in [0.5, 0.6) is 5.75 Å². The molecule has 0 aliphatic carbocycles. The van der Waals surface area contributed by atoms with Gasteiger partial charge in [0.05, 0.1) is 5.41 Å². The molecule has 1 aliphatic rings. The van der Waals surface area contributed by atoms with Gasteiger partial charge in [-0.15, -0.1) is 0 Å². The molecule has 0 N–H and O–H groups in total. The van der Waals surface area contributed by atoms with E-state index in [0.717, 1.165) is 5.56 Å². The third-order valence-electron chi connectivity index (χ3n) is 2.49. The number of benzene rings is 1. The second kappa shape index (κ2) is 3.87. The summed E-state index contributed by atoms with van der Waals surface area (Å²) < 4.78 is 10.2. The molecule has 1 aromatic rings. The number of fused-ring (bicyclic) bond motifs is 1. The smallest absolute Gasteiger partial charge is 0.342 e. The summed E-state index contributed by atoms with van der Waals surface area (Å²) in [5.74, 6) is -0.521. The van der Waals surface area contributed by atoms with Crippen molar-refractivity contribution in [3.63, 3.8) is 0 Å². The van der Waals surface area contributed by atoms with Crippen molar-refractivity contribution in [1.29, 1.82) is 0 Å². The van der Waals surface area contributed by atoms with Gasteiger partial charge in [0.2, 0.25) is 0 Å². The first-order valence-electron chi connectivity index (χ1n) is 5.41. The molecule has 0 atom stereocenters. The first kappa shape index (κ1) is 11.6. The number of esters is 2. The van der Waals surface area contributed by atoms with Crippen LogP contribution in [-0.2, 0) is 16.1 Å². The molecule has 1 aliphatic heterocycles. The highest BCUT2D eigenvalue weighted by molar-refractivity contribution is 5.97. The van der Waals surface area contributed by atoms with Crippen LogP contribution in [0.2, 0.25) is 0 Å². The lowest BCUT2D eigenvalue weighted by Gasteiger charge is -2.17. The number of ether oxygens (including phenoxy) is 2. The molecule has 0 saturated carbocycles. The van der Waals surface area contributed by atoms with Gasteiger partial charge < -0.3 is 9.47 Å². The summed E-state index contributed by atoms with van der Waals surface area (Å²) >= 11 is 0. The van der Waals surface area contributed by atoms with Crippen molar-refractivity contribution in [2.45, 2.75) is 27.4 Å². The van der Waals surface area contributed by atoms with Crippen LogP contribution in [0.15, 0.2) is 18.2 Å². The van der Waals surface area contributed by atoms with E-state index in [1.165, 1.54) is 0 Å². The predicted molar refractivity (Wildman–Crippen MR) is 60.7 cm³/mol. The Morgan fingerprint density at radius 2 is 2.06 bits per heavy atom. The van der Waals surface area contributed by atoms with Crippen LogP contribution in [0.1, 0.15) is 36.7 Å². The van der Waals surface area contributed by atoms with E-state index in [-0.39, 0.29) is 18.3 Å². The number of carbonyl (C=O) groups is 2. The minimum absolute atomic E-state index is 0.245. The summed E-state index contributed by atoms with van der Waals surface area (Å²) in [6.45, 7) is 5.53. The number of cyclic esters (lactones) is 1. The van der Waals surface area contributed by atoms with E-state index in [4.69, 9.17) is 9.47 Å². The lowest BCUT2D eigenvalue weighted by Crippen LogP contribution is -2.26. The van der Waals surface area contributed by atoms with Gasteiger partial charge in [-0.3, -0.25) is 4.79 Å². The van der Waals surface area contributed by atoms with Crippen molar-refractivity contribution in [3.05, 3.63) is 29.3 Å². The first-order chi connectivity index (χ1) is 7.89. The van der Waals surface area contributed by atoms with Crippen molar-refractivity contribution in [1.82, 2.24) is 0 Å². The maximum absolute atomic E-state index is 11.8. The van der Waals surface area contributed by atoms with Crippen LogP contribution >= 0.6 is 0 Å². The molecule has 0 fully saturated rings. The zero-order chi connectivity index (χ0) is 12.6. The van der Waals surface area contributed by atoms with Gasteiger partial charge in [-0.25, -0.2) is 4.79 Å². The van der Waals surface area contributed by atoms with E-state index in [1.807, 2.05) is 0 Å². The molecule has 0 bridgehead atoms. The van der Waals surface area contributed by atoms with Crippen LogP contribution in [0.3, 0.4) is 0 Å². The number of rotatable bonds is 1. The van der Waals surface area contributed by atoms with Crippen LogP contribution < -0.4 is 4.74 Å². The molecule has 1 aromatic carbocycles. The van der Waals surface area contributed by atoms with Crippen LogP contribution in [0.25, 0.3) is 0 Å². The maximum atomic E-state index is 11.8. The Bertz CT molecular complexity index is 483. The fraction of sp³-hybridized carbons (Fsp3) is 0.385. The predicted octanol–water partition coefficient (Wildman–Crippen LogP) is 2.31. The number of hydrogen-bond acceptors (Lipinski definition) is 4. The van der Waals surface area contributed by atoms with Gasteiger partial charge in [0.25, 0.3) is 0 Å². The second-order valence-electron chi connectivity index (χ2n) is 5.01.